The normalized spacial score (nSPS) is 17.1. The molecule has 36 heavy (non-hydrogen) atoms. The largest absolute Gasteiger partial charge is 0.325 e. The van der Waals surface area contributed by atoms with Crippen molar-refractivity contribution in [2.75, 3.05) is 42.1 Å². The van der Waals surface area contributed by atoms with Crippen molar-refractivity contribution in [3.8, 4) is 0 Å². The van der Waals surface area contributed by atoms with Gasteiger partial charge in [-0.05, 0) is 61.8 Å². The molecular weight excluding hydrogens is 474 g/mol. The molecule has 8 heteroatoms. The third kappa shape index (κ3) is 4.79. The molecule has 0 bridgehead atoms. The van der Waals surface area contributed by atoms with Crippen molar-refractivity contribution >= 4 is 33.1 Å². The fraction of sp³-hybridized carbons (Fsp3) is 0.286. The molecule has 7 nitrogen and oxygen atoms in total. The van der Waals surface area contributed by atoms with E-state index in [1.807, 2.05) is 42.5 Å². The van der Waals surface area contributed by atoms with Crippen LogP contribution in [-0.2, 0) is 20.2 Å². The number of hydrogen-bond donors (Lipinski definition) is 1. The Balaban J connectivity index is 1.18. The summed E-state index contributed by atoms with van der Waals surface area (Å²) in [5.41, 5.74) is 3.49. The van der Waals surface area contributed by atoms with Gasteiger partial charge in [0.05, 0.1) is 18.5 Å². The Morgan fingerprint density at radius 1 is 0.861 bits per heavy atom. The fourth-order valence-electron chi connectivity index (χ4n) is 5.31. The molecule has 0 aromatic heterocycles. The van der Waals surface area contributed by atoms with Gasteiger partial charge in [0.2, 0.25) is 15.9 Å². The summed E-state index contributed by atoms with van der Waals surface area (Å²) in [7, 11) is -3.35. The van der Waals surface area contributed by atoms with Gasteiger partial charge in [-0.3, -0.25) is 18.8 Å². The zero-order valence-corrected chi connectivity index (χ0v) is 21.0. The van der Waals surface area contributed by atoms with E-state index < -0.39 is 10.0 Å². The van der Waals surface area contributed by atoms with E-state index in [-0.39, 0.29) is 23.7 Å². The lowest BCUT2D eigenvalue weighted by molar-refractivity contribution is -0.117. The maximum absolute atomic E-state index is 12.7. The van der Waals surface area contributed by atoms with Crippen LogP contribution in [0.5, 0.6) is 0 Å². The molecule has 1 spiro atoms. The number of piperidine rings is 1. The summed E-state index contributed by atoms with van der Waals surface area (Å²) < 4.78 is 26.3. The molecule has 0 radical (unpaired) electrons. The Kier molecular flexibility index (Phi) is 6.40. The summed E-state index contributed by atoms with van der Waals surface area (Å²) in [4.78, 5) is 27.4. The lowest BCUT2D eigenvalue weighted by Gasteiger charge is -2.39. The van der Waals surface area contributed by atoms with E-state index in [1.165, 1.54) is 10.6 Å². The molecule has 2 aliphatic heterocycles. The first-order chi connectivity index (χ1) is 17.2. The Hall–Kier alpha value is -3.49. The number of likely N-dealkylation sites (tertiary alicyclic amines) is 1. The number of anilines is 2. The Morgan fingerprint density at radius 2 is 1.47 bits per heavy atom. The smallest absolute Gasteiger partial charge is 0.238 e. The van der Waals surface area contributed by atoms with Gasteiger partial charge in [-0.15, -0.1) is 0 Å². The molecule has 1 amide bonds. The van der Waals surface area contributed by atoms with E-state index in [0.29, 0.717) is 36.4 Å². The van der Waals surface area contributed by atoms with Crippen LogP contribution in [0.4, 0.5) is 11.4 Å². The monoisotopic (exact) mass is 503 g/mol. The second kappa shape index (κ2) is 9.52. The van der Waals surface area contributed by atoms with Gasteiger partial charge in [0, 0.05) is 28.8 Å². The molecule has 5 rings (SSSR count). The van der Waals surface area contributed by atoms with Gasteiger partial charge in [-0.2, -0.15) is 0 Å². The maximum Gasteiger partial charge on any atom is 0.238 e. The summed E-state index contributed by atoms with van der Waals surface area (Å²) in [5.74, 6) is -0.170. The van der Waals surface area contributed by atoms with Crippen LogP contribution in [0.1, 0.15) is 34.3 Å². The van der Waals surface area contributed by atoms with Crippen molar-refractivity contribution < 1.29 is 18.0 Å². The van der Waals surface area contributed by atoms with Crippen LogP contribution in [0.25, 0.3) is 0 Å². The molecule has 1 N–H and O–H groups in total. The molecule has 0 aliphatic carbocycles. The molecule has 0 atom stereocenters. The Morgan fingerprint density at radius 3 is 2.14 bits per heavy atom. The lowest BCUT2D eigenvalue weighted by Crippen LogP contribution is -2.47. The quantitative estimate of drug-likeness (QED) is 0.519. The average molecular weight is 504 g/mol. The lowest BCUT2D eigenvalue weighted by atomic mass is 9.74. The SMILES string of the molecule is CS(=O)(=O)N1CC2(CCN(CC(=O)Nc3ccc(C(=O)c4ccccc4)cc3)CC2)c2ccccc21. The number of ketones is 1. The number of hydrogen-bond acceptors (Lipinski definition) is 5. The van der Waals surface area contributed by atoms with E-state index in [4.69, 9.17) is 0 Å². The van der Waals surface area contributed by atoms with Crippen molar-refractivity contribution in [2.24, 2.45) is 0 Å². The summed E-state index contributed by atoms with van der Waals surface area (Å²) in [6.45, 7) is 2.14. The van der Waals surface area contributed by atoms with Crippen LogP contribution >= 0.6 is 0 Å². The number of rotatable bonds is 6. The number of para-hydroxylation sites is 1. The second-order valence-electron chi connectivity index (χ2n) is 9.66. The van der Waals surface area contributed by atoms with Gasteiger partial charge in [-0.25, -0.2) is 8.42 Å². The van der Waals surface area contributed by atoms with Gasteiger partial charge in [0.25, 0.3) is 0 Å². The van der Waals surface area contributed by atoms with Crippen LogP contribution < -0.4 is 9.62 Å². The minimum Gasteiger partial charge on any atom is -0.325 e. The minimum absolute atomic E-state index is 0.0568. The molecule has 3 aromatic carbocycles. The fourth-order valence-corrected chi connectivity index (χ4v) is 6.31. The second-order valence-corrected chi connectivity index (χ2v) is 11.6. The van der Waals surface area contributed by atoms with Gasteiger partial charge < -0.3 is 5.32 Å². The first-order valence-corrected chi connectivity index (χ1v) is 13.9. The predicted molar refractivity (Wildman–Crippen MR) is 141 cm³/mol. The van der Waals surface area contributed by atoms with Gasteiger partial charge in [-0.1, -0.05) is 48.5 Å². The number of carbonyl (C=O) groups is 2. The highest BCUT2D eigenvalue weighted by Crippen LogP contribution is 2.47. The van der Waals surface area contributed by atoms with E-state index in [1.54, 1.807) is 36.4 Å². The summed E-state index contributed by atoms with van der Waals surface area (Å²) in [6, 6.07) is 23.8. The van der Waals surface area contributed by atoms with Gasteiger partial charge >= 0.3 is 0 Å². The first kappa shape index (κ1) is 24.2. The standard InChI is InChI=1S/C28H29N3O4S/c1-36(34,35)31-20-28(24-9-5-6-10-25(24)31)15-17-30(18-16-28)19-26(32)29-23-13-11-22(12-14-23)27(33)21-7-3-2-4-8-21/h2-14H,15-20H2,1H3,(H,29,32). The summed E-state index contributed by atoms with van der Waals surface area (Å²) >= 11 is 0. The zero-order chi connectivity index (χ0) is 25.3. The molecule has 0 unspecified atom stereocenters. The van der Waals surface area contributed by atoms with Gasteiger partial charge in [0.15, 0.2) is 5.78 Å². The molecule has 1 fully saturated rings. The van der Waals surface area contributed by atoms with E-state index in [2.05, 4.69) is 10.2 Å². The third-order valence-electron chi connectivity index (χ3n) is 7.24. The van der Waals surface area contributed by atoms with Crippen LogP contribution in [0.3, 0.4) is 0 Å². The van der Waals surface area contributed by atoms with E-state index >= 15 is 0 Å². The van der Waals surface area contributed by atoms with Crippen LogP contribution in [0, 0.1) is 0 Å². The highest BCUT2D eigenvalue weighted by atomic mass is 32.2. The van der Waals surface area contributed by atoms with Crippen molar-refractivity contribution in [1.29, 1.82) is 0 Å². The first-order valence-electron chi connectivity index (χ1n) is 12.0. The number of carbonyl (C=O) groups excluding carboxylic acids is 2. The van der Waals surface area contributed by atoms with Gasteiger partial charge in [0.1, 0.15) is 0 Å². The average Bonchev–Trinajstić information content (AvgIpc) is 3.21. The number of nitrogens with zero attached hydrogens (tertiary/aromatic N) is 2. The highest BCUT2D eigenvalue weighted by Gasteiger charge is 2.46. The molecule has 2 aliphatic rings. The molecule has 3 aromatic rings. The van der Waals surface area contributed by atoms with Crippen LogP contribution in [0.2, 0.25) is 0 Å². The minimum atomic E-state index is -3.35. The molecule has 2 heterocycles. The Labute approximate surface area is 211 Å². The number of benzene rings is 3. The third-order valence-corrected chi connectivity index (χ3v) is 8.36. The van der Waals surface area contributed by atoms with Crippen molar-refractivity contribution in [3.05, 3.63) is 95.6 Å². The molecule has 1 saturated heterocycles. The highest BCUT2D eigenvalue weighted by molar-refractivity contribution is 7.92. The van der Waals surface area contributed by atoms with E-state index in [0.717, 1.165) is 24.1 Å². The van der Waals surface area contributed by atoms with Crippen LogP contribution in [0.15, 0.2) is 78.9 Å². The maximum atomic E-state index is 12.7. The van der Waals surface area contributed by atoms with E-state index in [9.17, 15) is 18.0 Å². The summed E-state index contributed by atoms with van der Waals surface area (Å²) in [5, 5.41) is 2.92. The van der Waals surface area contributed by atoms with Crippen molar-refractivity contribution in [1.82, 2.24) is 4.90 Å². The number of sulfonamides is 1. The molecule has 0 saturated carbocycles. The number of nitrogens with one attached hydrogen (secondary N) is 1. The Bertz CT molecular complexity index is 1380. The van der Waals surface area contributed by atoms with Crippen molar-refractivity contribution in [3.63, 3.8) is 0 Å². The predicted octanol–water partition coefficient (Wildman–Crippen LogP) is 3.67. The zero-order valence-electron chi connectivity index (χ0n) is 20.2. The number of amides is 1. The topological polar surface area (TPSA) is 86.8 Å². The molecule has 186 valence electrons. The summed E-state index contributed by atoms with van der Waals surface area (Å²) in [6.07, 6.45) is 2.84. The van der Waals surface area contributed by atoms with Crippen LogP contribution in [-0.4, -0.2) is 57.4 Å². The van der Waals surface area contributed by atoms with Crippen molar-refractivity contribution in [2.45, 2.75) is 18.3 Å². The molecular formula is C28H29N3O4S. The number of fused-ring (bicyclic) bond motifs is 2.